The number of hydrogen-bond donors (Lipinski definition) is 1. The molecule has 6 atom stereocenters. The number of carboxylic acids is 1. The van der Waals surface area contributed by atoms with Crippen molar-refractivity contribution >= 4 is 5.97 Å². The third-order valence-corrected chi connectivity index (χ3v) is 8.40. The molecule has 0 aromatic carbocycles. The largest absolute Gasteiger partial charge is 0.481 e. The summed E-state index contributed by atoms with van der Waals surface area (Å²) >= 11 is 0. The van der Waals surface area contributed by atoms with Crippen LogP contribution in [0.5, 0.6) is 0 Å². The first kappa shape index (κ1) is 14.8. The third kappa shape index (κ3) is 1.45. The lowest BCUT2D eigenvalue weighted by Gasteiger charge is -2.74. The molecule has 122 valence electrons. The standard InChI is InChI=1S/C20H30O2/c1-12(2)13-11-20-9-6-15-18(3,16(20)10-14(13)20)7-5-8-19(15,4)17(21)22/h11-12,14-16H,5-10H2,1-4H3,(H,21,22). The van der Waals surface area contributed by atoms with Crippen LogP contribution >= 0.6 is 0 Å². The van der Waals surface area contributed by atoms with Gasteiger partial charge in [0.15, 0.2) is 0 Å². The van der Waals surface area contributed by atoms with Crippen LogP contribution in [0.2, 0.25) is 0 Å². The second-order valence-electron chi connectivity index (χ2n) is 9.43. The van der Waals surface area contributed by atoms with E-state index < -0.39 is 11.4 Å². The Bertz CT molecular complexity index is 562. The molecule has 2 heteroatoms. The van der Waals surface area contributed by atoms with E-state index in [9.17, 15) is 9.90 Å². The Morgan fingerprint density at radius 3 is 2.55 bits per heavy atom. The molecule has 0 aliphatic heterocycles. The Morgan fingerprint density at radius 1 is 1.23 bits per heavy atom. The van der Waals surface area contributed by atoms with Crippen molar-refractivity contribution in [3.63, 3.8) is 0 Å². The molecule has 0 amide bonds. The van der Waals surface area contributed by atoms with Crippen LogP contribution in [-0.4, -0.2) is 11.1 Å². The van der Waals surface area contributed by atoms with E-state index >= 15 is 0 Å². The summed E-state index contributed by atoms with van der Waals surface area (Å²) in [5.74, 6) is 2.08. The number of carboxylic acid groups (broad SMARTS) is 1. The molecule has 0 radical (unpaired) electrons. The molecule has 3 saturated carbocycles. The van der Waals surface area contributed by atoms with Gasteiger partial charge >= 0.3 is 5.97 Å². The smallest absolute Gasteiger partial charge is 0.309 e. The summed E-state index contributed by atoms with van der Waals surface area (Å²) < 4.78 is 0. The summed E-state index contributed by atoms with van der Waals surface area (Å²) in [7, 11) is 0. The molecule has 22 heavy (non-hydrogen) atoms. The van der Waals surface area contributed by atoms with E-state index in [4.69, 9.17) is 0 Å². The zero-order valence-corrected chi connectivity index (χ0v) is 14.5. The number of hydrogen-bond acceptors (Lipinski definition) is 1. The molecular formula is C20H30O2. The number of carbonyl (C=O) groups is 1. The van der Waals surface area contributed by atoms with E-state index in [2.05, 4.69) is 26.8 Å². The van der Waals surface area contributed by atoms with Gasteiger partial charge in [0.25, 0.3) is 0 Å². The molecule has 4 rings (SSSR count). The second-order valence-corrected chi connectivity index (χ2v) is 9.43. The third-order valence-electron chi connectivity index (χ3n) is 8.40. The maximum absolute atomic E-state index is 12.0. The van der Waals surface area contributed by atoms with E-state index in [-0.39, 0.29) is 5.41 Å². The summed E-state index contributed by atoms with van der Waals surface area (Å²) in [5.41, 5.74) is 1.91. The number of aliphatic carboxylic acids is 1. The molecule has 0 heterocycles. The van der Waals surface area contributed by atoms with Gasteiger partial charge in [-0.3, -0.25) is 4.79 Å². The average Bonchev–Trinajstić information content (AvgIpc) is 2.42. The highest BCUT2D eigenvalue weighted by Gasteiger charge is 2.71. The summed E-state index contributed by atoms with van der Waals surface area (Å²) in [6.45, 7) is 9.10. The van der Waals surface area contributed by atoms with Crippen molar-refractivity contribution in [2.45, 2.75) is 66.2 Å². The van der Waals surface area contributed by atoms with Gasteiger partial charge in [-0.25, -0.2) is 0 Å². The first-order chi connectivity index (χ1) is 10.3. The molecule has 2 nitrogen and oxygen atoms in total. The van der Waals surface area contributed by atoms with Gasteiger partial charge in [-0.05, 0) is 73.5 Å². The molecule has 6 unspecified atom stereocenters. The van der Waals surface area contributed by atoms with E-state index in [0.29, 0.717) is 17.3 Å². The molecular weight excluding hydrogens is 272 g/mol. The highest BCUT2D eigenvalue weighted by molar-refractivity contribution is 5.75. The van der Waals surface area contributed by atoms with E-state index in [0.717, 1.165) is 31.1 Å². The summed E-state index contributed by atoms with van der Waals surface area (Å²) in [4.78, 5) is 12.0. The SMILES string of the molecule is CC(C)C1=CC23CCC4C(C)(C(=O)O)CCCC4(C)C2CC13. The van der Waals surface area contributed by atoms with Crippen LogP contribution in [0.15, 0.2) is 11.6 Å². The maximum atomic E-state index is 12.0. The summed E-state index contributed by atoms with van der Waals surface area (Å²) in [6, 6.07) is 0. The predicted molar refractivity (Wildman–Crippen MR) is 87.4 cm³/mol. The lowest BCUT2D eigenvalue weighted by molar-refractivity contribution is -0.211. The van der Waals surface area contributed by atoms with Crippen molar-refractivity contribution in [1.29, 1.82) is 0 Å². The molecule has 1 N–H and O–H groups in total. The molecule has 4 aliphatic carbocycles. The van der Waals surface area contributed by atoms with Crippen molar-refractivity contribution in [3.8, 4) is 0 Å². The lowest BCUT2D eigenvalue weighted by atomic mass is 9.30. The highest BCUT2D eigenvalue weighted by Crippen LogP contribution is 2.77. The normalized spacial score (nSPS) is 52.6. The molecule has 0 aromatic rings. The first-order valence-electron chi connectivity index (χ1n) is 9.22. The minimum absolute atomic E-state index is 0.249. The second kappa shape index (κ2) is 4.19. The van der Waals surface area contributed by atoms with Gasteiger partial charge in [0, 0.05) is 0 Å². The van der Waals surface area contributed by atoms with Gasteiger partial charge < -0.3 is 5.11 Å². The topological polar surface area (TPSA) is 37.3 Å². The number of allylic oxidation sites excluding steroid dienone is 2. The zero-order valence-electron chi connectivity index (χ0n) is 14.5. The first-order valence-corrected chi connectivity index (χ1v) is 9.22. The fourth-order valence-corrected chi connectivity index (χ4v) is 7.22. The Balaban J connectivity index is 1.68. The Hall–Kier alpha value is -0.790. The minimum Gasteiger partial charge on any atom is -0.481 e. The predicted octanol–water partition coefficient (Wildman–Crippen LogP) is 4.90. The molecule has 1 spiro atoms. The van der Waals surface area contributed by atoms with Crippen molar-refractivity contribution in [1.82, 2.24) is 0 Å². The van der Waals surface area contributed by atoms with Gasteiger partial charge in [-0.15, -0.1) is 0 Å². The van der Waals surface area contributed by atoms with Crippen molar-refractivity contribution in [2.75, 3.05) is 0 Å². The molecule has 3 fully saturated rings. The Kier molecular flexibility index (Phi) is 2.81. The molecule has 0 aromatic heterocycles. The Labute approximate surface area is 134 Å². The van der Waals surface area contributed by atoms with E-state index in [1.165, 1.54) is 19.3 Å². The number of rotatable bonds is 2. The Morgan fingerprint density at radius 2 is 1.95 bits per heavy atom. The zero-order chi connectivity index (χ0) is 15.9. The van der Waals surface area contributed by atoms with Crippen LogP contribution < -0.4 is 0 Å². The van der Waals surface area contributed by atoms with Crippen LogP contribution in [-0.2, 0) is 4.79 Å². The van der Waals surface area contributed by atoms with E-state index in [1.807, 2.05) is 6.92 Å². The summed E-state index contributed by atoms with van der Waals surface area (Å²) in [5, 5.41) is 9.85. The fraction of sp³-hybridized carbons (Fsp3) is 0.850. The molecule has 0 saturated heterocycles. The highest BCUT2D eigenvalue weighted by atomic mass is 16.4. The van der Waals surface area contributed by atoms with Crippen LogP contribution in [0.25, 0.3) is 0 Å². The lowest BCUT2D eigenvalue weighted by Crippen LogP contribution is -2.67. The maximum Gasteiger partial charge on any atom is 0.309 e. The van der Waals surface area contributed by atoms with Gasteiger partial charge in [0.2, 0.25) is 0 Å². The molecule has 0 bridgehead atoms. The van der Waals surface area contributed by atoms with Gasteiger partial charge in [0.1, 0.15) is 0 Å². The van der Waals surface area contributed by atoms with Gasteiger partial charge in [0.05, 0.1) is 5.41 Å². The average molecular weight is 302 g/mol. The molecule has 4 aliphatic rings. The minimum atomic E-state index is -0.553. The van der Waals surface area contributed by atoms with Crippen LogP contribution in [0.4, 0.5) is 0 Å². The monoisotopic (exact) mass is 302 g/mol. The van der Waals surface area contributed by atoms with Crippen LogP contribution in [0, 0.1) is 39.9 Å². The number of fused-ring (bicyclic) bond motifs is 2. The van der Waals surface area contributed by atoms with Gasteiger partial charge in [-0.2, -0.15) is 0 Å². The van der Waals surface area contributed by atoms with Gasteiger partial charge in [-0.1, -0.05) is 38.8 Å². The van der Waals surface area contributed by atoms with Crippen molar-refractivity contribution in [2.24, 2.45) is 39.9 Å². The summed E-state index contributed by atoms with van der Waals surface area (Å²) in [6.07, 6.45) is 9.50. The fourth-order valence-electron chi connectivity index (χ4n) is 7.22. The quantitative estimate of drug-likeness (QED) is 0.737. The van der Waals surface area contributed by atoms with Crippen LogP contribution in [0.3, 0.4) is 0 Å². The van der Waals surface area contributed by atoms with Crippen molar-refractivity contribution in [3.05, 3.63) is 11.6 Å². The van der Waals surface area contributed by atoms with E-state index in [1.54, 1.807) is 5.57 Å². The van der Waals surface area contributed by atoms with Crippen molar-refractivity contribution < 1.29 is 9.90 Å². The van der Waals surface area contributed by atoms with Crippen LogP contribution in [0.1, 0.15) is 66.2 Å².